The average molecular weight is 178 g/mol. The predicted octanol–water partition coefficient (Wildman–Crippen LogP) is 2.60. The van der Waals surface area contributed by atoms with Crippen LogP contribution in [-0.2, 0) is 0 Å². The SMILES string of the molecule is CCNC1CCC(C)CC1.Cl. The lowest BCUT2D eigenvalue weighted by molar-refractivity contribution is 0.311. The smallest absolute Gasteiger partial charge is 0.00671 e. The van der Waals surface area contributed by atoms with Crippen molar-refractivity contribution in [2.45, 2.75) is 45.6 Å². The Hall–Kier alpha value is 0.250. The van der Waals surface area contributed by atoms with Gasteiger partial charge in [-0.15, -0.1) is 12.4 Å². The Balaban J connectivity index is 0.000001000. The van der Waals surface area contributed by atoms with E-state index in [1.165, 1.54) is 25.7 Å². The molecule has 0 bridgehead atoms. The van der Waals surface area contributed by atoms with Gasteiger partial charge in [-0.25, -0.2) is 0 Å². The minimum atomic E-state index is 0. The maximum absolute atomic E-state index is 3.50. The Morgan fingerprint density at radius 2 is 1.73 bits per heavy atom. The number of nitrogens with one attached hydrogen (secondary N) is 1. The third-order valence-electron chi connectivity index (χ3n) is 2.51. The van der Waals surface area contributed by atoms with Crippen molar-refractivity contribution in [2.75, 3.05) is 6.54 Å². The lowest BCUT2D eigenvalue weighted by atomic mass is 9.87. The van der Waals surface area contributed by atoms with Crippen LogP contribution in [0.4, 0.5) is 0 Å². The molecule has 0 aliphatic heterocycles. The van der Waals surface area contributed by atoms with E-state index in [-0.39, 0.29) is 12.4 Å². The standard InChI is InChI=1S/C9H19N.ClH/c1-3-10-9-6-4-8(2)5-7-9;/h8-10H,3-7H2,1-2H3;1H. The average Bonchev–Trinajstić information content (AvgIpc) is 1.95. The maximum Gasteiger partial charge on any atom is 0.00671 e. The monoisotopic (exact) mass is 177 g/mol. The van der Waals surface area contributed by atoms with E-state index in [1.807, 2.05) is 0 Å². The zero-order chi connectivity index (χ0) is 7.40. The van der Waals surface area contributed by atoms with Crippen molar-refractivity contribution in [1.29, 1.82) is 0 Å². The Morgan fingerprint density at radius 3 is 2.18 bits per heavy atom. The predicted molar refractivity (Wildman–Crippen MR) is 52.3 cm³/mol. The van der Waals surface area contributed by atoms with E-state index in [0.717, 1.165) is 18.5 Å². The number of hydrogen-bond donors (Lipinski definition) is 1. The molecule has 0 spiro atoms. The Kier molecular flexibility index (Phi) is 5.98. The first-order valence-corrected chi connectivity index (χ1v) is 4.56. The van der Waals surface area contributed by atoms with Gasteiger partial charge < -0.3 is 5.32 Å². The molecule has 0 aromatic carbocycles. The van der Waals surface area contributed by atoms with Gasteiger partial charge in [-0.3, -0.25) is 0 Å². The fraction of sp³-hybridized carbons (Fsp3) is 1.00. The van der Waals surface area contributed by atoms with Gasteiger partial charge in [-0.1, -0.05) is 13.8 Å². The molecule has 0 amide bonds. The summed E-state index contributed by atoms with van der Waals surface area (Å²) < 4.78 is 0. The summed E-state index contributed by atoms with van der Waals surface area (Å²) in [5.74, 6) is 0.981. The summed E-state index contributed by atoms with van der Waals surface area (Å²) in [5.41, 5.74) is 0. The highest BCUT2D eigenvalue weighted by atomic mass is 35.5. The first-order valence-electron chi connectivity index (χ1n) is 4.56. The van der Waals surface area contributed by atoms with E-state index >= 15 is 0 Å². The summed E-state index contributed by atoms with van der Waals surface area (Å²) in [7, 11) is 0. The Morgan fingerprint density at radius 1 is 1.18 bits per heavy atom. The molecule has 1 rings (SSSR count). The number of hydrogen-bond acceptors (Lipinski definition) is 1. The summed E-state index contributed by atoms with van der Waals surface area (Å²) >= 11 is 0. The molecule has 0 heterocycles. The van der Waals surface area contributed by atoms with E-state index in [1.54, 1.807) is 0 Å². The van der Waals surface area contributed by atoms with Crippen LogP contribution in [0.2, 0.25) is 0 Å². The summed E-state index contributed by atoms with van der Waals surface area (Å²) in [6.45, 7) is 5.69. The second-order valence-corrected chi connectivity index (χ2v) is 3.51. The quantitative estimate of drug-likeness (QED) is 0.684. The van der Waals surface area contributed by atoms with Gasteiger partial charge in [-0.05, 0) is 38.1 Å². The number of rotatable bonds is 2. The zero-order valence-electron chi connectivity index (χ0n) is 7.60. The molecule has 0 unspecified atom stereocenters. The summed E-state index contributed by atoms with van der Waals surface area (Å²) in [5, 5.41) is 3.50. The van der Waals surface area contributed by atoms with E-state index in [9.17, 15) is 0 Å². The lowest BCUT2D eigenvalue weighted by Gasteiger charge is -2.26. The highest BCUT2D eigenvalue weighted by molar-refractivity contribution is 5.85. The van der Waals surface area contributed by atoms with Gasteiger partial charge in [0.1, 0.15) is 0 Å². The summed E-state index contributed by atoms with van der Waals surface area (Å²) in [6.07, 6.45) is 5.65. The van der Waals surface area contributed by atoms with Gasteiger partial charge in [0.05, 0.1) is 0 Å². The molecular formula is C9H20ClN. The van der Waals surface area contributed by atoms with Crippen LogP contribution >= 0.6 is 12.4 Å². The van der Waals surface area contributed by atoms with Crippen molar-refractivity contribution in [3.8, 4) is 0 Å². The van der Waals surface area contributed by atoms with E-state index in [4.69, 9.17) is 0 Å². The van der Waals surface area contributed by atoms with Gasteiger partial charge in [0.15, 0.2) is 0 Å². The van der Waals surface area contributed by atoms with Crippen LogP contribution in [-0.4, -0.2) is 12.6 Å². The first kappa shape index (κ1) is 11.2. The van der Waals surface area contributed by atoms with Crippen LogP contribution in [0.5, 0.6) is 0 Å². The molecule has 11 heavy (non-hydrogen) atoms. The van der Waals surface area contributed by atoms with Crippen LogP contribution in [0.15, 0.2) is 0 Å². The van der Waals surface area contributed by atoms with Crippen LogP contribution < -0.4 is 5.32 Å². The summed E-state index contributed by atoms with van der Waals surface area (Å²) in [4.78, 5) is 0. The third kappa shape index (κ3) is 3.97. The minimum Gasteiger partial charge on any atom is -0.314 e. The first-order chi connectivity index (χ1) is 4.83. The van der Waals surface area contributed by atoms with Gasteiger partial charge in [0.2, 0.25) is 0 Å². The van der Waals surface area contributed by atoms with Crippen molar-refractivity contribution in [3.05, 3.63) is 0 Å². The molecule has 0 saturated heterocycles. The van der Waals surface area contributed by atoms with Crippen molar-refractivity contribution >= 4 is 12.4 Å². The molecule has 0 aromatic heterocycles. The van der Waals surface area contributed by atoms with Crippen LogP contribution in [0.25, 0.3) is 0 Å². The van der Waals surface area contributed by atoms with Crippen LogP contribution in [0.3, 0.4) is 0 Å². The number of halogens is 1. The van der Waals surface area contributed by atoms with E-state index in [0.29, 0.717) is 0 Å². The maximum atomic E-state index is 3.50. The molecule has 1 fully saturated rings. The fourth-order valence-electron chi connectivity index (χ4n) is 1.75. The van der Waals surface area contributed by atoms with E-state index < -0.39 is 0 Å². The molecule has 1 saturated carbocycles. The van der Waals surface area contributed by atoms with Crippen LogP contribution in [0, 0.1) is 5.92 Å². The molecule has 1 aliphatic rings. The zero-order valence-corrected chi connectivity index (χ0v) is 8.41. The molecule has 0 aromatic rings. The second kappa shape index (κ2) is 5.84. The Labute approximate surface area is 76.4 Å². The van der Waals surface area contributed by atoms with Gasteiger partial charge in [-0.2, -0.15) is 0 Å². The lowest BCUT2D eigenvalue weighted by Crippen LogP contribution is -2.32. The van der Waals surface area contributed by atoms with Gasteiger partial charge in [0.25, 0.3) is 0 Å². The van der Waals surface area contributed by atoms with Crippen molar-refractivity contribution in [3.63, 3.8) is 0 Å². The molecule has 1 aliphatic carbocycles. The third-order valence-corrected chi connectivity index (χ3v) is 2.51. The molecule has 1 nitrogen and oxygen atoms in total. The highest BCUT2D eigenvalue weighted by Gasteiger charge is 2.16. The fourth-order valence-corrected chi connectivity index (χ4v) is 1.75. The van der Waals surface area contributed by atoms with Gasteiger partial charge >= 0.3 is 0 Å². The van der Waals surface area contributed by atoms with Crippen molar-refractivity contribution in [1.82, 2.24) is 5.32 Å². The van der Waals surface area contributed by atoms with Crippen LogP contribution in [0.1, 0.15) is 39.5 Å². The largest absolute Gasteiger partial charge is 0.314 e. The summed E-state index contributed by atoms with van der Waals surface area (Å²) in [6, 6.07) is 0.834. The molecule has 1 N–H and O–H groups in total. The normalized spacial score (nSPS) is 31.1. The molecule has 0 atom stereocenters. The van der Waals surface area contributed by atoms with Crippen molar-refractivity contribution in [2.24, 2.45) is 5.92 Å². The van der Waals surface area contributed by atoms with E-state index in [2.05, 4.69) is 19.2 Å². The molecule has 68 valence electrons. The van der Waals surface area contributed by atoms with Crippen molar-refractivity contribution < 1.29 is 0 Å². The highest BCUT2D eigenvalue weighted by Crippen LogP contribution is 2.22. The molecular weight excluding hydrogens is 158 g/mol. The second-order valence-electron chi connectivity index (χ2n) is 3.51. The topological polar surface area (TPSA) is 12.0 Å². The molecule has 0 radical (unpaired) electrons. The van der Waals surface area contributed by atoms with Gasteiger partial charge in [0, 0.05) is 6.04 Å². The molecule has 2 heteroatoms. The Bertz CT molecular complexity index is 87.6. The minimum absolute atomic E-state index is 0.